The van der Waals surface area contributed by atoms with E-state index in [1.54, 1.807) is 25.4 Å². The molecule has 2 aliphatic rings. The number of rotatable bonds is 2. The molecular formula is C14H12N2O3S. The SMILES string of the molecule is CC1=CC(c2cncnc2)=C2C=C(C)C(S(=O)(=O)O)=C12. The lowest BCUT2D eigenvalue weighted by atomic mass is 10.0. The van der Waals surface area contributed by atoms with Crippen LogP contribution in [-0.2, 0) is 10.1 Å². The zero-order valence-corrected chi connectivity index (χ0v) is 11.8. The molecule has 0 fully saturated rings. The second-order valence-electron chi connectivity index (χ2n) is 4.79. The summed E-state index contributed by atoms with van der Waals surface area (Å²) in [4.78, 5) is 7.95. The molecule has 0 aliphatic heterocycles. The second kappa shape index (κ2) is 4.22. The maximum Gasteiger partial charge on any atom is 0.295 e. The topological polar surface area (TPSA) is 80.2 Å². The Balaban J connectivity index is 2.30. The highest BCUT2D eigenvalue weighted by Gasteiger charge is 2.33. The van der Waals surface area contributed by atoms with Gasteiger partial charge in [-0.3, -0.25) is 4.55 Å². The Kier molecular flexibility index (Phi) is 2.74. The van der Waals surface area contributed by atoms with Gasteiger partial charge in [0.25, 0.3) is 10.1 Å². The number of hydrogen-bond acceptors (Lipinski definition) is 4. The Labute approximate surface area is 116 Å². The summed E-state index contributed by atoms with van der Waals surface area (Å²) in [5, 5.41) is 0. The van der Waals surface area contributed by atoms with Crippen LogP contribution < -0.4 is 0 Å². The molecule has 1 aromatic rings. The summed E-state index contributed by atoms with van der Waals surface area (Å²) in [5.41, 5.74) is 4.40. The van der Waals surface area contributed by atoms with Gasteiger partial charge in [0.2, 0.25) is 0 Å². The van der Waals surface area contributed by atoms with Crippen LogP contribution in [0.3, 0.4) is 0 Å². The van der Waals surface area contributed by atoms with E-state index >= 15 is 0 Å². The summed E-state index contributed by atoms with van der Waals surface area (Å²) in [5.74, 6) is 0. The second-order valence-corrected chi connectivity index (χ2v) is 6.15. The van der Waals surface area contributed by atoms with Crippen LogP contribution >= 0.6 is 0 Å². The van der Waals surface area contributed by atoms with Gasteiger partial charge in [0.05, 0.1) is 0 Å². The van der Waals surface area contributed by atoms with Gasteiger partial charge in [-0.1, -0.05) is 6.08 Å². The van der Waals surface area contributed by atoms with Crippen molar-refractivity contribution in [2.24, 2.45) is 0 Å². The summed E-state index contributed by atoms with van der Waals surface area (Å²) >= 11 is 0. The van der Waals surface area contributed by atoms with Crippen molar-refractivity contribution in [3.8, 4) is 0 Å². The average molecular weight is 288 g/mol. The third-order valence-corrected chi connectivity index (χ3v) is 4.43. The van der Waals surface area contributed by atoms with E-state index in [2.05, 4.69) is 9.97 Å². The summed E-state index contributed by atoms with van der Waals surface area (Å²) in [6.45, 7) is 3.50. The Morgan fingerprint density at radius 2 is 1.60 bits per heavy atom. The van der Waals surface area contributed by atoms with Crippen LogP contribution in [0.2, 0.25) is 0 Å². The number of aromatic nitrogens is 2. The minimum atomic E-state index is -4.24. The molecule has 0 radical (unpaired) electrons. The fourth-order valence-electron chi connectivity index (χ4n) is 2.65. The van der Waals surface area contributed by atoms with Gasteiger partial charge in [-0.2, -0.15) is 8.42 Å². The van der Waals surface area contributed by atoms with Crippen LogP contribution in [0.5, 0.6) is 0 Å². The molecule has 0 spiro atoms. The fraction of sp³-hybridized carbons (Fsp3) is 0.143. The molecule has 2 aliphatic carbocycles. The molecule has 0 bridgehead atoms. The van der Waals surface area contributed by atoms with E-state index in [4.69, 9.17) is 0 Å². The minimum absolute atomic E-state index is 0.00639. The third-order valence-electron chi connectivity index (χ3n) is 3.39. The van der Waals surface area contributed by atoms with Crippen LogP contribution in [0.25, 0.3) is 5.57 Å². The van der Waals surface area contributed by atoms with E-state index in [1.807, 2.05) is 13.0 Å². The average Bonchev–Trinajstić information content (AvgIpc) is 2.87. The van der Waals surface area contributed by atoms with Gasteiger partial charge < -0.3 is 0 Å². The van der Waals surface area contributed by atoms with E-state index < -0.39 is 10.1 Å². The highest BCUT2D eigenvalue weighted by molar-refractivity contribution is 7.90. The molecule has 3 rings (SSSR count). The van der Waals surface area contributed by atoms with Gasteiger partial charge in [0.1, 0.15) is 11.2 Å². The molecule has 0 saturated carbocycles. The van der Waals surface area contributed by atoms with Gasteiger partial charge in [-0.15, -0.1) is 0 Å². The Bertz CT molecular complexity index is 828. The number of fused-ring (bicyclic) bond motifs is 1. The van der Waals surface area contributed by atoms with E-state index in [9.17, 15) is 13.0 Å². The van der Waals surface area contributed by atoms with E-state index in [1.165, 1.54) is 6.33 Å². The summed E-state index contributed by atoms with van der Waals surface area (Å²) in [6.07, 6.45) is 8.45. The molecule has 0 atom stereocenters. The number of nitrogens with zero attached hydrogens (tertiary/aromatic N) is 2. The maximum absolute atomic E-state index is 11.6. The lowest BCUT2D eigenvalue weighted by Crippen LogP contribution is -2.04. The Hall–Kier alpha value is -2.05. The van der Waals surface area contributed by atoms with Crippen LogP contribution in [-0.4, -0.2) is 22.9 Å². The molecule has 20 heavy (non-hydrogen) atoms. The molecule has 0 aromatic carbocycles. The van der Waals surface area contributed by atoms with Gasteiger partial charge >= 0.3 is 0 Å². The first-order chi connectivity index (χ1) is 9.39. The monoisotopic (exact) mass is 288 g/mol. The summed E-state index contributed by atoms with van der Waals surface area (Å²) in [7, 11) is -4.24. The quantitative estimate of drug-likeness (QED) is 0.844. The van der Waals surface area contributed by atoms with Gasteiger partial charge in [-0.25, -0.2) is 9.97 Å². The Morgan fingerprint density at radius 1 is 1.00 bits per heavy atom. The minimum Gasteiger partial charge on any atom is -0.282 e. The highest BCUT2D eigenvalue weighted by atomic mass is 32.2. The molecule has 1 N–H and O–H groups in total. The highest BCUT2D eigenvalue weighted by Crippen LogP contribution is 2.46. The fourth-order valence-corrected chi connectivity index (χ4v) is 3.65. The smallest absolute Gasteiger partial charge is 0.282 e. The first kappa shape index (κ1) is 13.0. The van der Waals surface area contributed by atoms with Crippen molar-refractivity contribution in [3.63, 3.8) is 0 Å². The standard InChI is InChI=1S/C14H12N2O3S/c1-8-3-11(10-5-15-7-16-6-10)12-4-9(2)14(13(8)12)20(17,18)19/h3-7H,1-2H3,(H,17,18,19). The first-order valence-electron chi connectivity index (χ1n) is 5.98. The lowest BCUT2D eigenvalue weighted by Gasteiger charge is -2.04. The van der Waals surface area contributed by atoms with Crippen molar-refractivity contribution >= 4 is 15.7 Å². The molecule has 1 heterocycles. The third kappa shape index (κ3) is 1.85. The van der Waals surface area contributed by atoms with Crippen molar-refractivity contribution in [1.82, 2.24) is 9.97 Å². The number of hydrogen-bond donors (Lipinski definition) is 1. The molecule has 0 saturated heterocycles. The molecule has 1 aromatic heterocycles. The molecule has 102 valence electrons. The van der Waals surface area contributed by atoms with Gasteiger partial charge in [0, 0.05) is 23.5 Å². The van der Waals surface area contributed by atoms with Crippen molar-refractivity contribution in [2.45, 2.75) is 13.8 Å². The summed E-state index contributed by atoms with van der Waals surface area (Å²) in [6, 6.07) is 0. The van der Waals surface area contributed by atoms with Crippen LogP contribution in [0.4, 0.5) is 0 Å². The largest absolute Gasteiger partial charge is 0.295 e. The van der Waals surface area contributed by atoms with Crippen molar-refractivity contribution in [3.05, 3.63) is 63.6 Å². The molecule has 0 unspecified atom stereocenters. The van der Waals surface area contributed by atoms with Crippen molar-refractivity contribution in [1.29, 1.82) is 0 Å². The maximum atomic E-state index is 11.6. The van der Waals surface area contributed by atoms with E-state index in [0.29, 0.717) is 11.1 Å². The van der Waals surface area contributed by atoms with Crippen LogP contribution in [0.15, 0.2) is 58.1 Å². The Morgan fingerprint density at radius 3 is 2.20 bits per heavy atom. The van der Waals surface area contributed by atoms with Crippen molar-refractivity contribution in [2.75, 3.05) is 0 Å². The lowest BCUT2D eigenvalue weighted by molar-refractivity contribution is 0.491. The summed E-state index contributed by atoms with van der Waals surface area (Å²) < 4.78 is 32.5. The van der Waals surface area contributed by atoms with E-state index in [0.717, 1.165) is 22.3 Å². The van der Waals surface area contributed by atoms with E-state index in [-0.39, 0.29) is 4.91 Å². The first-order valence-corrected chi connectivity index (χ1v) is 7.42. The molecule has 0 amide bonds. The molecule has 6 heteroatoms. The molecule has 5 nitrogen and oxygen atoms in total. The number of allylic oxidation sites excluding steroid dienone is 7. The van der Waals surface area contributed by atoms with Crippen LogP contribution in [0.1, 0.15) is 19.4 Å². The molecular weight excluding hydrogens is 276 g/mol. The normalized spacial score (nSPS) is 18.4. The predicted octanol–water partition coefficient (Wildman–Crippen LogP) is 2.29. The zero-order valence-electron chi connectivity index (χ0n) is 11.0. The van der Waals surface area contributed by atoms with Gasteiger partial charge in [-0.05, 0) is 42.2 Å². The van der Waals surface area contributed by atoms with Crippen molar-refractivity contribution < 1.29 is 13.0 Å². The van der Waals surface area contributed by atoms with Gasteiger partial charge in [0.15, 0.2) is 0 Å². The van der Waals surface area contributed by atoms with Crippen LogP contribution in [0, 0.1) is 0 Å². The predicted molar refractivity (Wildman–Crippen MR) is 75.0 cm³/mol. The zero-order chi connectivity index (χ0) is 14.5.